The van der Waals surface area contributed by atoms with Gasteiger partial charge in [0.1, 0.15) is 0 Å². The van der Waals surface area contributed by atoms with E-state index in [1.54, 1.807) is 23.1 Å². The van der Waals surface area contributed by atoms with Crippen LogP contribution >= 0.6 is 23.1 Å². The summed E-state index contributed by atoms with van der Waals surface area (Å²) in [7, 11) is 0. The van der Waals surface area contributed by atoms with Gasteiger partial charge in [0.15, 0.2) is 0 Å². The predicted octanol–water partition coefficient (Wildman–Crippen LogP) is 2.40. The summed E-state index contributed by atoms with van der Waals surface area (Å²) in [6.07, 6.45) is 3.64. The highest BCUT2D eigenvalue weighted by Gasteiger charge is 2.18. The summed E-state index contributed by atoms with van der Waals surface area (Å²) in [5.41, 5.74) is 5.84. The molecule has 5 heteroatoms. The van der Waals surface area contributed by atoms with E-state index in [1.165, 1.54) is 4.88 Å². The molecule has 3 N–H and O–H groups in total. The Morgan fingerprint density at radius 2 is 2.41 bits per heavy atom. The number of hydrogen-bond donors (Lipinski definition) is 2. The van der Waals surface area contributed by atoms with Gasteiger partial charge in [-0.25, -0.2) is 0 Å². The van der Waals surface area contributed by atoms with Crippen molar-refractivity contribution in [1.29, 1.82) is 0 Å². The van der Waals surface area contributed by atoms with Crippen LogP contribution in [0.15, 0.2) is 17.5 Å². The Morgan fingerprint density at radius 3 is 2.94 bits per heavy atom. The number of thiophene rings is 1. The quantitative estimate of drug-likeness (QED) is 0.801. The van der Waals surface area contributed by atoms with E-state index in [0.29, 0.717) is 0 Å². The summed E-state index contributed by atoms with van der Waals surface area (Å²) in [5.74, 6) is 0.879. The first-order valence-corrected chi connectivity index (χ1v) is 8.04. The normalized spacial score (nSPS) is 14.3. The molecule has 0 saturated heterocycles. The molecule has 1 unspecified atom stereocenters. The first kappa shape index (κ1) is 14.5. The van der Waals surface area contributed by atoms with Crippen molar-refractivity contribution in [2.75, 3.05) is 12.0 Å². The summed E-state index contributed by atoms with van der Waals surface area (Å²) < 4.78 is 0. The molecule has 1 heterocycles. The molecular formula is C12H20N2OS2. The van der Waals surface area contributed by atoms with Gasteiger partial charge in [-0.2, -0.15) is 11.8 Å². The molecule has 0 aromatic carbocycles. The van der Waals surface area contributed by atoms with E-state index in [2.05, 4.69) is 12.2 Å². The molecule has 0 fully saturated rings. The zero-order chi connectivity index (χ0) is 12.7. The summed E-state index contributed by atoms with van der Waals surface area (Å²) in [6, 6.07) is 3.76. The summed E-state index contributed by atoms with van der Waals surface area (Å²) in [4.78, 5) is 13.1. The predicted molar refractivity (Wildman–Crippen MR) is 76.5 cm³/mol. The third kappa shape index (κ3) is 4.69. The molecule has 0 aliphatic carbocycles. The lowest BCUT2D eigenvalue weighted by Gasteiger charge is -2.18. The number of nitrogens with one attached hydrogen (secondary N) is 1. The van der Waals surface area contributed by atoms with Gasteiger partial charge in [0, 0.05) is 4.88 Å². The Labute approximate surface area is 111 Å². The number of amides is 1. The fraction of sp³-hybridized carbons (Fsp3) is 0.583. The topological polar surface area (TPSA) is 55.1 Å². The Hall–Kier alpha value is -0.520. The number of thioether (sulfide) groups is 1. The number of rotatable bonds is 7. The fourth-order valence-corrected chi connectivity index (χ4v) is 2.87. The number of carbonyl (C=O) groups excluding carboxylic acids is 1. The van der Waals surface area contributed by atoms with Crippen molar-refractivity contribution in [1.82, 2.24) is 5.32 Å². The maximum absolute atomic E-state index is 11.9. The van der Waals surface area contributed by atoms with Gasteiger partial charge in [0.05, 0.1) is 12.1 Å². The average Bonchev–Trinajstić information content (AvgIpc) is 2.86. The van der Waals surface area contributed by atoms with Crippen LogP contribution in [0.2, 0.25) is 0 Å². The average molecular weight is 272 g/mol. The molecule has 0 spiro atoms. The van der Waals surface area contributed by atoms with Gasteiger partial charge in [0.2, 0.25) is 5.91 Å². The summed E-state index contributed by atoms with van der Waals surface area (Å²) >= 11 is 3.38. The summed E-state index contributed by atoms with van der Waals surface area (Å²) in [6.45, 7) is 2.07. The third-order valence-electron chi connectivity index (χ3n) is 2.58. The van der Waals surface area contributed by atoms with E-state index in [9.17, 15) is 4.79 Å². The standard InChI is InChI=1S/C12H20N2OS2/c1-3-10(11-5-4-7-17-11)14-12(15)9(13)6-8-16-2/h4-5,7,9-10H,3,6,8,13H2,1-2H3,(H,14,15)/t9-,10?/m0/s1. The molecule has 2 atom stereocenters. The molecule has 1 amide bonds. The molecule has 0 aliphatic rings. The van der Waals surface area contributed by atoms with Crippen LogP contribution in [0, 0.1) is 0 Å². The second kappa shape index (κ2) is 7.74. The smallest absolute Gasteiger partial charge is 0.237 e. The lowest BCUT2D eigenvalue weighted by molar-refractivity contribution is -0.123. The third-order valence-corrected chi connectivity index (χ3v) is 4.21. The van der Waals surface area contributed by atoms with Crippen LogP contribution in [-0.4, -0.2) is 24.0 Å². The molecule has 96 valence electrons. The minimum atomic E-state index is -0.392. The Bertz CT molecular complexity index is 327. The van der Waals surface area contributed by atoms with Crippen LogP contribution in [0.1, 0.15) is 30.7 Å². The zero-order valence-corrected chi connectivity index (χ0v) is 11.9. The molecular weight excluding hydrogens is 252 g/mol. The van der Waals surface area contributed by atoms with E-state index in [4.69, 9.17) is 5.73 Å². The largest absolute Gasteiger partial charge is 0.347 e. The highest BCUT2D eigenvalue weighted by Crippen LogP contribution is 2.21. The Morgan fingerprint density at radius 1 is 1.65 bits per heavy atom. The molecule has 0 bridgehead atoms. The van der Waals surface area contributed by atoms with E-state index >= 15 is 0 Å². The SMILES string of the molecule is CCC(NC(=O)[C@@H](N)CCSC)c1cccs1. The van der Waals surface area contributed by atoms with Crippen molar-refractivity contribution >= 4 is 29.0 Å². The maximum Gasteiger partial charge on any atom is 0.237 e. The van der Waals surface area contributed by atoms with Crippen molar-refractivity contribution in [3.63, 3.8) is 0 Å². The van der Waals surface area contributed by atoms with Crippen LogP contribution in [0.3, 0.4) is 0 Å². The monoisotopic (exact) mass is 272 g/mol. The van der Waals surface area contributed by atoms with Crippen molar-refractivity contribution in [2.45, 2.75) is 31.8 Å². The van der Waals surface area contributed by atoms with Gasteiger partial charge in [-0.05, 0) is 36.3 Å². The Balaban J connectivity index is 2.48. The molecule has 0 radical (unpaired) electrons. The van der Waals surface area contributed by atoms with Crippen molar-refractivity contribution < 1.29 is 4.79 Å². The number of carbonyl (C=O) groups is 1. The van der Waals surface area contributed by atoms with Gasteiger partial charge in [-0.15, -0.1) is 11.3 Å². The van der Waals surface area contributed by atoms with Crippen LogP contribution in [0.5, 0.6) is 0 Å². The molecule has 1 aromatic heterocycles. The van der Waals surface area contributed by atoms with Gasteiger partial charge >= 0.3 is 0 Å². The highest BCUT2D eigenvalue weighted by molar-refractivity contribution is 7.98. The number of hydrogen-bond acceptors (Lipinski definition) is 4. The first-order chi connectivity index (χ1) is 8.19. The molecule has 0 aliphatic heterocycles. The minimum Gasteiger partial charge on any atom is -0.347 e. The van der Waals surface area contributed by atoms with Crippen LogP contribution in [0.25, 0.3) is 0 Å². The first-order valence-electron chi connectivity index (χ1n) is 5.77. The molecule has 0 saturated carbocycles. The lowest BCUT2D eigenvalue weighted by Crippen LogP contribution is -2.42. The van der Waals surface area contributed by atoms with Crippen molar-refractivity contribution in [3.05, 3.63) is 22.4 Å². The van der Waals surface area contributed by atoms with Gasteiger partial charge < -0.3 is 11.1 Å². The van der Waals surface area contributed by atoms with Gasteiger partial charge in [-0.3, -0.25) is 4.79 Å². The molecule has 3 nitrogen and oxygen atoms in total. The summed E-state index contributed by atoms with van der Waals surface area (Å²) in [5, 5.41) is 5.04. The van der Waals surface area contributed by atoms with Crippen LogP contribution in [0.4, 0.5) is 0 Å². The van der Waals surface area contributed by atoms with Crippen LogP contribution < -0.4 is 11.1 Å². The highest BCUT2D eigenvalue weighted by atomic mass is 32.2. The zero-order valence-electron chi connectivity index (χ0n) is 10.3. The molecule has 1 aromatic rings. The van der Waals surface area contributed by atoms with Gasteiger partial charge in [-0.1, -0.05) is 13.0 Å². The Kier molecular flexibility index (Phi) is 6.62. The second-order valence-corrected chi connectivity index (χ2v) is 5.84. The lowest BCUT2D eigenvalue weighted by atomic mass is 10.1. The van der Waals surface area contributed by atoms with Crippen molar-refractivity contribution in [3.8, 4) is 0 Å². The van der Waals surface area contributed by atoms with E-state index in [-0.39, 0.29) is 11.9 Å². The number of nitrogens with two attached hydrogens (primary N) is 1. The second-order valence-electron chi connectivity index (χ2n) is 3.87. The van der Waals surface area contributed by atoms with Gasteiger partial charge in [0.25, 0.3) is 0 Å². The van der Waals surface area contributed by atoms with Crippen LogP contribution in [-0.2, 0) is 4.79 Å². The maximum atomic E-state index is 11.9. The van der Waals surface area contributed by atoms with E-state index in [1.807, 2.05) is 23.8 Å². The fourth-order valence-electron chi connectivity index (χ4n) is 1.52. The molecule has 17 heavy (non-hydrogen) atoms. The van der Waals surface area contributed by atoms with E-state index in [0.717, 1.165) is 18.6 Å². The van der Waals surface area contributed by atoms with Crippen molar-refractivity contribution in [2.24, 2.45) is 5.73 Å². The molecule has 1 rings (SSSR count). The van der Waals surface area contributed by atoms with E-state index < -0.39 is 6.04 Å². The minimum absolute atomic E-state index is 0.0423.